The summed E-state index contributed by atoms with van der Waals surface area (Å²) in [7, 11) is 0. The smallest absolute Gasteiger partial charge is 0.265 e. The van der Waals surface area contributed by atoms with Crippen molar-refractivity contribution in [2.75, 3.05) is 39.3 Å². The number of amides is 1. The maximum Gasteiger partial charge on any atom is 0.265 e. The van der Waals surface area contributed by atoms with E-state index in [-0.39, 0.29) is 18.1 Å². The summed E-state index contributed by atoms with van der Waals surface area (Å²) in [6, 6.07) is 8.79. The Morgan fingerprint density at radius 3 is 2.62 bits per heavy atom. The van der Waals surface area contributed by atoms with Gasteiger partial charge >= 0.3 is 0 Å². The number of fused-ring (bicyclic) bond motifs is 1. The van der Waals surface area contributed by atoms with Crippen molar-refractivity contribution in [1.29, 1.82) is 0 Å². The molecule has 3 N–H and O–H groups in total. The van der Waals surface area contributed by atoms with E-state index in [4.69, 9.17) is 10.5 Å². The third-order valence-corrected chi connectivity index (χ3v) is 8.23. The van der Waals surface area contributed by atoms with Gasteiger partial charge in [-0.15, -0.1) is 0 Å². The van der Waals surface area contributed by atoms with Gasteiger partial charge in [0.2, 0.25) is 0 Å². The van der Waals surface area contributed by atoms with E-state index < -0.39 is 0 Å². The highest BCUT2D eigenvalue weighted by Gasteiger charge is 2.30. The van der Waals surface area contributed by atoms with Crippen molar-refractivity contribution in [3.63, 3.8) is 0 Å². The van der Waals surface area contributed by atoms with Crippen molar-refractivity contribution >= 4 is 16.8 Å². The molecule has 7 heteroatoms. The van der Waals surface area contributed by atoms with Crippen molar-refractivity contribution < 1.29 is 14.6 Å². The molecule has 2 aliphatic heterocycles. The molecule has 3 heterocycles. The van der Waals surface area contributed by atoms with Crippen LogP contribution in [0.2, 0.25) is 0 Å². The Hall–Kier alpha value is -2.09. The van der Waals surface area contributed by atoms with Crippen LogP contribution in [-0.2, 0) is 0 Å². The second-order valence-corrected chi connectivity index (χ2v) is 10.9. The zero-order valence-corrected chi connectivity index (χ0v) is 20.7. The van der Waals surface area contributed by atoms with Gasteiger partial charge in [-0.1, -0.05) is 13.0 Å². The number of aromatic nitrogens is 1. The number of aliphatic hydroxyl groups is 1. The van der Waals surface area contributed by atoms with Crippen LogP contribution in [0.3, 0.4) is 0 Å². The van der Waals surface area contributed by atoms with Crippen LogP contribution in [0.4, 0.5) is 0 Å². The van der Waals surface area contributed by atoms with Gasteiger partial charge in [-0.3, -0.25) is 9.69 Å². The van der Waals surface area contributed by atoms with Crippen molar-refractivity contribution in [2.45, 2.75) is 64.1 Å². The predicted octanol–water partition coefficient (Wildman–Crippen LogP) is 3.26. The van der Waals surface area contributed by atoms with E-state index in [9.17, 15) is 9.90 Å². The summed E-state index contributed by atoms with van der Waals surface area (Å²) in [4.78, 5) is 17.5. The number of benzene rings is 1. The van der Waals surface area contributed by atoms with Crippen molar-refractivity contribution in [2.24, 2.45) is 17.6 Å². The normalized spacial score (nSPS) is 26.1. The van der Waals surface area contributed by atoms with E-state index in [1.807, 2.05) is 18.2 Å². The number of carbonyl (C=O) groups excluding carboxylic acids is 1. The number of ether oxygens (including phenoxy) is 1. The second kappa shape index (κ2) is 9.88. The zero-order valence-electron chi connectivity index (χ0n) is 20.7. The van der Waals surface area contributed by atoms with E-state index in [0.29, 0.717) is 23.6 Å². The van der Waals surface area contributed by atoms with Crippen molar-refractivity contribution in [1.82, 2.24) is 14.4 Å². The first-order chi connectivity index (χ1) is 16.4. The topological polar surface area (TPSA) is 84.0 Å². The molecule has 1 aliphatic carbocycles. The molecule has 0 spiro atoms. The molecule has 3 aliphatic rings. The summed E-state index contributed by atoms with van der Waals surface area (Å²) >= 11 is 0. The fourth-order valence-electron chi connectivity index (χ4n) is 5.84. The molecule has 3 atom stereocenters. The van der Waals surface area contributed by atoms with Gasteiger partial charge in [0.1, 0.15) is 11.4 Å². The van der Waals surface area contributed by atoms with Gasteiger partial charge in [0.05, 0.1) is 18.2 Å². The number of hydrogen-bond donors (Lipinski definition) is 2. The summed E-state index contributed by atoms with van der Waals surface area (Å²) in [5.74, 6) is 1.51. The van der Waals surface area contributed by atoms with Crippen LogP contribution in [0.15, 0.2) is 24.3 Å². The van der Waals surface area contributed by atoms with Crippen LogP contribution < -0.4 is 10.5 Å². The summed E-state index contributed by atoms with van der Waals surface area (Å²) in [5.41, 5.74) is 7.47. The third-order valence-electron chi connectivity index (χ3n) is 8.23. The lowest BCUT2D eigenvalue weighted by Crippen LogP contribution is -2.50. The van der Waals surface area contributed by atoms with Gasteiger partial charge in [0.15, 0.2) is 0 Å². The molecule has 2 aromatic rings. The van der Waals surface area contributed by atoms with Crippen molar-refractivity contribution in [3.8, 4) is 5.75 Å². The minimum absolute atomic E-state index is 0.158. The number of nitrogens with zero attached hydrogens (tertiary/aromatic N) is 3. The summed E-state index contributed by atoms with van der Waals surface area (Å²) in [6.07, 6.45) is 5.21. The molecule has 3 fully saturated rings. The predicted molar refractivity (Wildman–Crippen MR) is 134 cm³/mol. The largest absolute Gasteiger partial charge is 0.493 e. The second-order valence-electron chi connectivity index (χ2n) is 10.9. The summed E-state index contributed by atoms with van der Waals surface area (Å²) in [5, 5.41) is 11.0. The van der Waals surface area contributed by atoms with Crippen molar-refractivity contribution in [3.05, 3.63) is 30.0 Å². The molecule has 2 saturated heterocycles. The molecular weight excluding hydrogens is 428 g/mol. The Kier molecular flexibility index (Phi) is 6.87. The van der Waals surface area contributed by atoms with Gasteiger partial charge in [0.25, 0.3) is 5.91 Å². The Morgan fingerprint density at radius 2 is 1.94 bits per heavy atom. The highest BCUT2D eigenvalue weighted by Crippen LogP contribution is 2.36. The van der Waals surface area contributed by atoms with Gasteiger partial charge < -0.3 is 25.0 Å². The molecule has 1 amide bonds. The number of primary amides is 1. The number of nitrogens with two attached hydrogens (primary N) is 1. The van der Waals surface area contributed by atoms with E-state index in [2.05, 4.69) is 34.3 Å². The van der Waals surface area contributed by atoms with Crippen LogP contribution in [0.25, 0.3) is 10.9 Å². The molecule has 5 rings (SSSR count). The summed E-state index contributed by atoms with van der Waals surface area (Å²) in [6.45, 7) is 10.2. The first-order valence-corrected chi connectivity index (χ1v) is 13.1. The molecule has 34 heavy (non-hydrogen) atoms. The number of likely N-dealkylation sites (tertiary alicyclic amines) is 2. The maximum atomic E-state index is 12.4. The van der Waals surface area contributed by atoms with E-state index in [1.165, 1.54) is 12.8 Å². The van der Waals surface area contributed by atoms with Crippen LogP contribution in [0.1, 0.15) is 62.5 Å². The van der Waals surface area contributed by atoms with E-state index in [1.54, 1.807) is 0 Å². The average molecular weight is 469 g/mol. The Bertz CT molecular complexity index is 1010. The number of aliphatic hydroxyl groups excluding tert-OH is 1. The number of piperidine rings is 2. The molecular formula is C27H40N4O3. The summed E-state index contributed by atoms with van der Waals surface area (Å²) < 4.78 is 8.29. The highest BCUT2D eigenvalue weighted by molar-refractivity contribution is 5.99. The monoisotopic (exact) mass is 468 g/mol. The van der Waals surface area contributed by atoms with Crippen LogP contribution in [0, 0.1) is 11.8 Å². The SMILES string of the molecule is C[C@H]1CN([C@@H](C)CN2CCC(n3c(C(N)=O)cc4c(OCC5CC5)cccc43)CC2)CC[C@@H]1O. The first-order valence-electron chi connectivity index (χ1n) is 13.1. The van der Waals surface area contributed by atoms with Gasteiger partial charge in [-0.05, 0) is 69.1 Å². The number of rotatable bonds is 8. The Balaban J connectivity index is 1.26. The lowest BCUT2D eigenvalue weighted by Gasteiger charge is -2.41. The molecule has 186 valence electrons. The van der Waals surface area contributed by atoms with Crippen LogP contribution in [-0.4, -0.2) is 76.9 Å². The molecule has 7 nitrogen and oxygen atoms in total. The van der Waals surface area contributed by atoms with Crippen LogP contribution in [0.5, 0.6) is 5.75 Å². The maximum absolute atomic E-state index is 12.4. The minimum atomic E-state index is -0.373. The zero-order chi connectivity index (χ0) is 23.8. The lowest BCUT2D eigenvalue weighted by molar-refractivity contribution is 0.0112. The van der Waals surface area contributed by atoms with E-state index in [0.717, 1.165) is 75.2 Å². The van der Waals surface area contributed by atoms with Gasteiger partial charge in [-0.2, -0.15) is 0 Å². The molecule has 0 radical (unpaired) electrons. The fourth-order valence-corrected chi connectivity index (χ4v) is 5.84. The Labute approximate surface area is 202 Å². The quantitative estimate of drug-likeness (QED) is 0.621. The van der Waals surface area contributed by atoms with Crippen LogP contribution >= 0.6 is 0 Å². The molecule has 1 aromatic carbocycles. The molecule has 1 saturated carbocycles. The Morgan fingerprint density at radius 1 is 1.18 bits per heavy atom. The number of hydrogen-bond acceptors (Lipinski definition) is 5. The average Bonchev–Trinajstić information content (AvgIpc) is 3.57. The molecule has 0 unspecified atom stereocenters. The molecule has 1 aromatic heterocycles. The highest BCUT2D eigenvalue weighted by atomic mass is 16.5. The van der Waals surface area contributed by atoms with Gasteiger partial charge in [0, 0.05) is 50.2 Å². The van der Waals surface area contributed by atoms with E-state index >= 15 is 0 Å². The third kappa shape index (κ3) is 4.97. The molecule has 0 bridgehead atoms. The minimum Gasteiger partial charge on any atom is -0.493 e. The number of carbonyl (C=O) groups is 1. The van der Waals surface area contributed by atoms with Gasteiger partial charge in [-0.25, -0.2) is 0 Å². The fraction of sp³-hybridized carbons (Fsp3) is 0.667. The lowest BCUT2D eigenvalue weighted by atomic mass is 9.95. The first kappa shape index (κ1) is 23.6. The standard InChI is InChI=1S/C27H40N4O3/c1-18-15-30(13-10-25(18)32)19(2)16-29-11-8-21(9-12-29)31-23-4-3-5-26(34-17-20-6-7-20)22(23)14-24(31)27(28)33/h3-5,14,18-21,25,32H,6-13,15-17H2,1-2H3,(H2,28,33)/t18-,19-,25-/m0/s1.